The van der Waals surface area contributed by atoms with Crippen molar-refractivity contribution in [3.63, 3.8) is 0 Å². The highest BCUT2D eigenvalue weighted by molar-refractivity contribution is 5.45. The van der Waals surface area contributed by atoms with Crippen molar-refractivity contribution in [1.82, 2.24) is 5.32 Å². The maximum atomic E-state index is 11.4. The van der Waals surface area contributed by atoms with E-state index in [1.54, 1.807) is 0 Å². The topological polar surface area (TPSA) is 29.1 Å². The van der Waals surface area contributed by atoms with Gasteiger partial charge in [0, 0.05) is 0 Å². The molecular weight excluding hydrogens is 85.0 g/mol. The van der Waals surface area contributed by atoms with Gasteiger partial charge in [0.05, 0.1) is 0 Å². The average Bonchev–Trinajstić information content (AvgIpc) is 1.35. The summed E-state index contributed by atoms with van der Waals surface area (Å²) >= 11 is 0. The van der Waals surface area contributed by atoms with Crippen LogP contribution in [0.5, 0.6) is 0 Å². The molecule has 0 bridgehead atoms. The summed E-state index contributed by atoms with van der Waals surface area (Å²) in [5.41, 5.74) is 0. The second-order valence-electron chi connectivity index (χ2n) is 0.901. The van der Waals surface area contributed by atoms with Crippen molar-refractivity contribution in [2.75, 3.05) is 0 Å². The van der Waals surface area contributed by atoms with Crippen LogP contribution in [0.25, 0.3) is 0 Å². The zero-order valence-corrected chi connectivity index (χ0v) is 3.44. The molecule has 1 atom stereocenters. The molecule has 0 radical (unpaired) electrons. The highest BCUT2D eigenvalue weighted by atomic mass is 19.1. The van der Waals surface area contributed by atoms with Crippen molar-refractivity contribution in [3.8, 4) is 0 Å². The first kappa shape index (κ1) is 5.40. The molecule has 3 heteroatoms. The Kier molecular flexibility index (Phi) is 2.36. The predicted molar refractivity (Wildman–Crippen MR) is 19.8 cm³/mol. The van der Waals surface area contributed by atoms with Gasteiger partial charge in [-0.25, -0.2) is 4.39 Å². The van der Waals surface area contributed by atoms with Gasteiger partial charge >= 0.3 is 0 Å². The molecule has 2 nitrogen and oxygen atoms in total. The number of nitrogens with one attached hydrogen (secondary N) is 1. The first-order valence-corrected chi connectivity index (χ1v) is 1.61. The maximum absolute atomic E-state index is 11.4. The Balaban J connectivity index is 2.81. The molecule has 0 aliphatic heterocycles. The Morgan fingerprint density at radius 2 is 2.50 bits per heavy atom. The monoisotopic (exact) mass is 91.0 g/mol. The molecule has 0 aromatic heterocycles. The van der Waals surface area contributed by atoms with E-state index in [1.165, 1.54) is 6.92 Å². The molecule has 0 saturated heterocycles. The molecule has 1 amide bonds. The molecule has 0 aromatic carbocycles. The number of amides is 1. The fourth-order valence-electron chi connectivity index (χ4n) is 0.0938. The molecule has 0 heterocycles. The third kappa shape index (κ3) is 3.40. The number of alkyl halides is 1. The summed E-state index contributed by atoms with van der Waals surface area (Å²) in [6, 6.07) is 0. The largest absolute Gasteiger partial charge is 0.329 e. The fraction of sp³-hybridized carbons (Fsp3) is 0.667. The Hall–Kier alpha value is -0.600. The SMILES string of the molecule is CC(F)NC=O. The summed E-state index contributed by atoms with van der Waals surface area (Å²) in [6.45, 7) is 1.24. The maximum Gasteiger partial charge on any atom is 0.209 e. The second-order valence-corrected chi connectivity index (χ2v) is 0.901. The van der Waals surface area contributed by atoms with Crippen LogP contribution in [0.15, 0.2) is 0 Å². The van der Waals surface area contributed by atoms with Crippen LogP contribution in [0, 0.1) is 0 Å². The van der Waals surface area contributed by atoms with Crippen molar-refractivity contribution in [2.45, 2.75) is 13.2 Å². The zero-order chi connectivity index (χ0) is 4.99. The van der Waals surface area contributed by atoms with Gasteiger partial charge in [0.15, 0.2) is 6.30 Å². The smallest absolute Gasteiger partial charge is 0.209 e. The quantitative estimate of drug-likeness (QED) is 0.377. The normalized spacial score (nSPS) is 13.0. The third-order valence-corrected chi connectivity index (χ3v) is 0.298. The minimum atomic E-state index is -1.22. The van der Waals surface area contributed by atoms with E-state index >= 15 is 0 Å². The van der Waals surface area contributed by atoms with Crippen LogP contribution in [0.2, 0.25) is 0 Å². The first-order chi connectivity index (χ1) is 2.77. The summed E-state index contributed by atoms with van der Waals surface area (Å²) in [5, 5.41) is 1.86. The van der Waals surface area contributed by atoms with Crippen LogP contribution in [0.3, 0.4) is 0 Å². The molecule has 36 valence electrons. The van der Waals surface area contributed by atoms with Gasteiger partial charge in [-0.05, 0) is 6.92 Å². The van der Waals surface area contributed by atoms with Gasteiger partial charge in [-0.15, -0.1) is 0 Å². The lowest BCUT2D eigenvalue weighted by Crippen LogP contribution is -2.18. The van der Waals surface area contributed by atoms with Gasteiger partial charge < -0.3 is 5.32 Å². The second kappa shape index (κ2) is 2.63. The van der Waals surface area contributed by atoms with Gasteiger partial charge in [0.1, 0.15) is 0 Å². The van der Waals surface area contributed by atoms with Gasteiger partial charge in [0.25, 0.3) is 0 Å². The molecule has 0 fully saturated rings. The fourth-order valence-corrected chi connectivity index (χ4v) is 0.0938. The summed E-state index contributed by atoms with van der Waals surface area (Å²) in [4.78, 5) is 9.26. The highest BCUT2D eigenvalue weighted by Crippen LogP contribution is 1.73. The minimum absolute atomic E-state index is 0.324. The van der Waals surface area contributed by atoms with Crippen molar-refractivity contribution >= 4 is 6.41 Å². The minimum Gasteiger partial charge on any atom is -0.329 e. The van der Waals surface area contributed by atoms with Crippen LogP contribution in [0.4, 0.5) is 4.39 Å². The lowest BCUT2D eigenvalue weighted by molar-refractivity contribution is -0.110. The van der Waals surface area contributed by atoms with Crippen LogP contribution in [-0.4, -0.2) is 12.7 Å². The van der Waals surface area contributed by atoms with Crippen molar-refractivity contribution in [2.24, 2.45) is 0 Å². The summed E-state index contributed by atoms with van der Waals surface area (Å²) < 4.78 is 11.4. The van der Waals surface area contributed by atoms with Gasteiger partial charge in [-0.3, -0.25) is 4.79 Å². The number of carbonyl (C=O) groups is 1. The van der Waals surface area contributed by atoms with E-state index < -0.39 is 6.30 Å². The molecule has 1 N–H and O–H groups in total. The standard InChI is InChI=1S/C3H6FNO/c1-3(4)5-2-6/h2-3H,1H3,(H,5,6). The Morgan fingerprint density at radius 3 is 2.50 bits per heavy atom. The van der Waals surface area contributed by atoms with Gasteiger partial charge in [-0.1, -0.05) is 0 Å². The summed E-state index contributed by atoms with van der Waals surface area (Å²) in [6.07, 6.45) is -0.896. The Morgan fingerprint density at radius 1 is 2.00 bits per heavy atom. The van der Waals surface area contributed by atoms with Gasteiger partial charge in [-0.2, -0.15) is 0 Å². The van der Waals surface area contributed by atoms with E-state index in [0.717, 1.165) is 0 Å². The lowest BCUT2D eigenvalue weighted by Gasteiger charge is -1.91. The average molecular weight is 91.1 g/mol. The number of carbonyl (C=O) groups excluding carboxylic acids is 1. The molecule has 0 rings (SSSR count). The van der Waals surface area contributed by atoms with Crippen molar-refractivity contribution < 1.29 is 9.18 Å². The van der Waals surface area contributed by atoms with Crippen molar-refractivity contribution in [3.05, 3.63) is 0 Å². The molecular formula is C3H6FNO. The summed E-state index contributed by atoms with van der Waals surface area (Å²) in [5.74, 6) is 0. The molecule has 0 aliphatic carbocycles. The lowest BCUT2D eigenvalue weighted by atomic mass is 10.7. The van der Waals surface area contributed by atoms with Crippen LogP contribution >= 0.6 is 0 Å². The van der Waals surface area contributed by atoms with E-state index in [-0.39, 0.29) is 0 Å². The number of halogens is 1. The Bertz CT molecular complexity index is 46.1. The predicted octanol–water partition coefficient (Wildman–Crippen LogP) is 0.0479. The number of hydrogen-bond donors (Lipinski definition) is 1. The molecule has 0 aromatic rings. The summed E-state index contributed by atoms with van der Waals surface area (Å²) in [7, 11) is 0. The van der Waals surface area contributed by atoms with E-state index in [0.29, 0.717) is 6.41 Å². The molecule has 1 unspecified atom stereocenters. The van der Waals surface area contributed by atoms with Crippen LogP contribution in [-0.2, 0) is 4.79 Å². The van der Waals surface area contributed by atoms with E-state index in [9.17, 15) is 9.18 Å². The van der Waals surface area contributed by atoms with E-state index in [2.05, 4.69) is 0 Å². The first-order valence-electron chi connectivity index (χ1n) is 1.61. The zero-order valence-electron chi connectivity index (χ0n) is 3.44. The number of hydrogen-bond acceptors (Lipinski definition) is 1. The Labute approximate surface area is 35.3 Å². The van der Waals surface area contributed by atoms with Gasteiger partial charge in [0.2, 0.25) is 6.41 Å². The van der Waals surface area contributed by atoms with E-state index in [4.69, 9.17) is 0 Å². The van der Waals surface area contributed by atoms with Crippen LogP contribution < -0.4 is 5.32 Å². The highest BCUT2D eigenvalue weighted by Gasteiger charge is 1.86. The molecule has 0 spiro atoms. The third-order valence-electron chi connectivity index (χ3n) is 0.298. The van der Waals surface area contributed by atoms with E-state index in [1.807, 2.05) is 5.32 Å². The molecule has 0 aliphatic rings. The van der Waals surface area contributed by atoms with Crippen LogP contribution in [0.1, 0.15) is 6.92 Å². The molecule has 0 saturated carbocycles. The van der Waals surface area contributed by atoms with Crippen molar-refractivity contribution in [1.29, 1.82) is 0 Å². The number of rotatable bonds is 2. The molecule has 6 heavy (non-hydrogen) atoms.